The predicted molar refractivity (Wildman–Crippen MR) is 98.1 cm³/mol. The Bertz CT molecular complexity index is 1010. The molecule has 1 aromatic carbocycles. The van der Waals surface area contributed by atoms with Crippen LogP contribution in [0.2, 0.25) is 0 Å². The molecule has 0 unspecified atom stereocenters. The minimum Gasteiger partial charge on any atom is -0.469 e. The summed E-state index contributed by atoms with van der Waals surface area (Å²) in [7, 11) is 2.19. The molecule has 3 rings (SSSR count). The number of carbonyl (C=O) groups is 3. The smallest absolute Gasteiger partial charge is 0.329 e. The Hall–Kier alpha value is -3.57. The Labute approximate surface area is 174 Å². The molecule has 9 nitrogen and oxygen atoms in total. The van der Waals surface area contributed by atoms with Gasteiger partial charge >= 0.3 is 18.0 Å². The molecular formula is C19H19F3N4O5. The summed E-state index contributed by atoms with van der Waals surface area (Å²) < 4.78 is 51.1. The Kier molecular flexibility index (Phi) is 6.47. The number of hydrogen-bond donors (Lipinski definition) is 2. The fourth-order valence-electron chi connectivity index (χ4n) is 3.38. The van der Waals surface area contributed by atoms with Crippen LogP contribution >= 0.6 is 0 Å². The Balaban J connectivity index is 1.96. The number of ether oxygens (including phenoxy) is 2. The number of fused-ring (bicyclic) bond motifs is 1. The second-order valence-electron chi connectivity index (χ2n) is 6.68. The summed E-state index contributed by atoms with van der Waals surface area (Å²) >= 11 is 0. The number of urea groups is 1. The molecule has 12 heteroatoms. The van der Waals surface area contributed by atoms with E-state index in [4.69, 9.17) is 0 Å². The van der Waals surface area contributed by atoms with E-state index in [1.54, 1.807) is 0 Å². The van der Waals surface area contributed by atoms with Crippen molar-refractivity contribution in [2.24, 2.45) is 0 Å². The van der Waals surface area contributed by atoms with Gasteiger partial charge in [0.15, 0.2) is 17.5 Å². The van der Waals surface area contributed by atoms with E-state index in [9.17, 15) is 27.6 Å². The number of nitrogens with one attached hydrogen (secondary N) is 2. The number of hydrogen-bond acceptors (Lipinski definition) is 6. The van der Waals surface area contributed by atoms with Gasteiger partial charge in [0.25, 0.3) is 0 Å². The highest BCUT2D eigenvalue weighted by Gasteiger charge is 2.38. The van der Waals surface area contributed by atoms with E-state index in [2.05, 4.69) is 24.8 Å². The highest BCUT2D eigenvalue weighted by molar-refractivity contribution is 5.87. The van der Waals surface area contributed by atoms with Gasteiger partial charge in [0.05, 0.1) is 32.7 Å². The molecule has 2 N–H and O–H groups in total. The fourth-order valence-corrected chi connectivity index (χ4v) is 3.38. The average molecular weight is 440 g/mol. The number of esters is 2. The number of imidazole rings is 1. The quantitative estimate of drug-likeness (QED) is 0.539. The van der Waals surface area contributed by atoms with Crippen LogP contribution in [0.25, 0.3) is 0 Å². The van der Waals surface area contributed by atoms with Crippen LogP contribution in [0.4, 0.5) is 18.0 Å². The largest absolute Gasteiger partial charge is 0.469 e. The van der Waals surface area contributed by atoms with Crippen molar-refractivity contribution in [2.75, 3.05) is 20.8 Å². The van der Waals surface area contributed by atoms with E-state index < -0.39 is 53.9 Å². The van der Waals surface area contributed by atoms with Crippen LogP contribution in [0, 0.1) is 17.5 Å². The standard InChI is InChI=1S/C19H19F3N4O5/c1-30-13(27)7-12(18(28)31-2)25-19(29)26-6-5-11-16(24-8-23-11)17(26)9-3-4-10(20)15(22)14(9)21/h3-4,8,12,17H,5-7H2,1-2H3,(H,23,24)(H,25,29)/t12-,17+/m0/s1. The molecule has 2 atom stereocenters. The number of carbonyl (C=O) groups excluding carboxylic acids is 3. The molecule has 0 saturated heterocycles. The number of halogens is 3. The third-order valence-electron chi connectivity index (χ3n) is 4.93. The number of benzene rings is 1. The maximum absolute atomic E-state index is 14.6. The average Bonchev–Trinajstić information content (AvgIpc) is 3.25. The summed E-state index contributed by atoms with van der Waals surface area (Å²) in [5, 5.41) is 2.35. The normalized spacial score (nSPS) is 16.3. The molecule has 1 aliphatic heterocycles. The van der Waals surface area contributed by atoms with Crippen molar-refractivity contribution in [1.82, 2.24) is 20.2 Å². The zero-order chi connectivity index (χ0) is 22.7. The summed E-state index contributed by atoms with van der Waals surface area (Å²) in [6, 6.07) is -1.67. The molecule has 1 aliphatic rings. The van der Waals surface area contributed by atoms with Crippen molar-refractivity contribution in [1.29, 1.82) is 0 Å². The molecule has 0 fully saturated rings. The van der Waals surface area contributed by atoms with Gasteiger partial charge in [-0.25, -0.2) is 27.7 Å². The first-order valence-electron chi connectivity index (χ1n) is 9.15. The number of methoxy groups -OCH3 is 2. The van der Waals surface area contributed by atoms with E-state index in [0.717, 1.165) is 31.3 Å². The van der Waals surface area contributed by atoms with E-state index in [1.807, 2.05) is 0 Å². The zero-order valence-electron chi connectivity index (χ0n) is 16.6. The first-order valence-corrected chi connectivity index (χ1v) is 9.15. The van der Waals surface area contributed by atoms with Crippen molar-refractivity contribution < 1.29 is 37.0 Å². The SMILES string of the molecule is COC(=O)C[C@H](NC(=O)N1CCc2[nH]cnc2[C@H]1c1ccc(F)c(F)c1F)C(=O)OC. The molecule has 2 aromatic rings. The lowest BCUT2D eigenvalue weighted by atomic mass is 9.95. The maximum atomic E-state index is 14.6. The van der Waals surface area contributed by atoms with Crippen LogP contribution in [0.5, 0.6) is 0 Å². The molecular weight excluding hydrogens is 421 g/mol. The first kappa shape index (κ1) is 22.1. The topological polar surface area (TPSA) is 114 Å². The van der Waals surface area contributed by atoms with Gasteiger partial charge in [0, 0.05) is 24.2 Å². The van der Waals surface area contributed by atoms with Crippen LogP contribution < -0.4 is 5.32 Å². The third kappa shape index (κ3) is 4.32. The third-order valence-corrected chi connectivity index (χ3v) is 4.93. The van der Waals surface area contributed by atoms with Gasteiger partial charge in [-0.2, -0.15) is 0 Å². The monoisotopic (exact) mass is 440 g/mol. The van der Waals surface area contributed by atoms with E-state index in [1.165, 1.54) is 6.33 Å². The van der Waals surface area contributed by atoms with Crippen LogP contribution in [0.3, 0.4) is 0 Å². The van der Waals surface area contributed by atoms with Crippen molar-refractivity contribution in [2.45, 2.75) is 24.9 Å². The lowest BCUT2D eigenvalue weighted by Crippen LogP contribution is -2.52. The van der Waals surface area contributed by atoms with Gasteiger partial charge in [0.2, 0.25) is 0 Å². The zero-order valence-corrected chi connectivity index (χ0v) is 16.6. The number of H-pyrrole nitrogens is 1. The molecule has 0 saturated carbocycles. The predicted octanol–water partition coefficient (Wildman–Crippen LogP) is 1.59. The molecule has 0 aliphatic carbocycles. The first-order chi connectivity index (χ1) is 14.8. The van der Waals surface area contributed by atoms with Crippen LogP contribution in [-0.4, -0.2) is 59.6 Å². The van der Waals surface area contributed by atoms with Crippen molar-refractivity contribution in [3.05, 3.63) is 52.9 Å². The number of nitrogens with zero attached hydrogens (tertiary/aromatic N) is 2. The molecule has 0 radical (unpaired) electrons. The maximum Gasteiger partial charge on any atom is 0.329 e. The highest BCUT2D eigenvalue weighted by atomic mass is 19.2. The van der Waals surface area contributed by atoms with Crippen LogP contribution in [-0.2, 0) is 25.5 Å². The van der Waals surface area contributed by atoms with Gasteiger partial charge in [-0.15, -0.1) is 0 Å². The van der Waals surface area contributed by atoms with Crippen molar-refractivity contribution in [3.63, 3.8) is 0 Å². The molecule has 166 valence electrons. The second-order valence-corrected chi connectivity index (χ2v) is 6.68. The lowest BCUT2D eigenvalue weighted by molar-refractivity contribution is -0.149. The minimum atomic E-state index is -1.68. The summed E-state index contributed by atoms with van der Waals surface area (Å²) in [6.45, 7) is 0.0379. The number of rotatable bonds is 5. The summed E-state index contributed by atoms with van der Waals surface area (Å²) in [5.41, 5.74) is 0.524. The van der Waals surface area contributed by atoms with Gasteiger partial charge in [-0.1, -0.05) is 6.07 Å². The number of aromatic amines is 1. The summed E-state index contributed by atoms with van der Waals surface area (Å²) in [6.07, 6.45) is 1.15. The van der Waals surface area contributed by atoms with E-state index >= 15 is 0 Å². The van der Waals surface area contributed by atoms with Crippen LogP contribution in [0.1, 0.15) is 29.4 Å². The van der Waals surface area contributed by atoms with Crippen LogP contribution in [0.15, 0.2) is 18.5 Å². The molecule has 1 aromatic heterocycles. The van der Waals surface area contributed by atoms with E-state index in [0.29, 0.717) is 12.1 Å². The highest BCUT2D eigenvalue weighted by Crippen LogP contribution is 2.35. The van der Waals surface area contributed by atoms with Gasteiger partial charge in [-0.3, -0.25) is 4.79 Å². The van der Waals surface area contributed by atoms with Gasteiger partial charge in [-0.05, 0) is 6.07 Å². The fraction of sp³-hybridized carbons (Fsp3) is 0.368. The van der Waals surface area contributed by atoms with Gasteiger partial charge < -0.3 is 24.7 Å². The van der Waals surface area contributed by atoms with Crippen molar-refractivity contribution >= 4 is 18.0 Å². The summed E-state index contributed by atoms with van der Waals surface area (Å²) in [4.78, 5) is 44.7. The summed E-state index contributed by atoms with van der Waals surface area (Å²) in [5.74, 6) is -6.19. The molecule has 0 spiro atoms. The van der Waals surface area contributed by atoms with Gasteiger partial charge in [0.1, 0.15) is 12.1 Å². The molecule has 31 heavy (non-hydrogen) atoms. The molecule has 0 bridgehead atoms. The second kappa shape index (κ2) is 9.06. The number of amides is 2. The number of aromatic nitrogens is 2. The lowest BCUT2D eigenvalue weighted by Gasteiger charge is -2.36. The molecule has 2 amide bonds. The van der Waals surface area contributed by atoms with E-state index in [-0.39, 0.29) is 17.8 Å². The Morgan fingerprint density at radius 2 is 1.97 bits per heavy atom. The Morgan fingerprint density at radius 1 is 1.23 bits per heavy atom. The minimum absolute atomic E-state index is 0.0379. The van der Waals surface area contributed by atoms with Crippen molar-refractivity contribution in [3.8, 4) is 0 Å². The molecule has 2 heterocycles. The Morgan fingerprint density at radius 3 is 2.65 bits per heavy atom.